The number of carbonyl (C=O) groups is 1. The molecule has 0 aromatic heterocycles. The number of morpholine rings is 1. The number of nitrogens with zero attached hydrogens (tertiary/aromatic N) is 1. The maximum Gasteiger partial charge on any atom is 0.254 e. The molecule has 0 radical (unpaired) electrons. The van der Waals surface area contributed by atoms with Crippen LogP contribution in [0.4, 0.5) is 0 Å². The number of benzene rings is 2. The molecule has 0 bridgehead atoms. The lowest BCUT2D eigenvalue weighted by Crippen LogP contribution is -2.49. The molecule has 1 heterocycles. The maximum absolute atomic E-state index is 13.1. The van der Waals surface area contributed by atoms with Crippen molar-refractivity contribution in [1.82, 2.24) is 4.90 Å². The van der Waals surface area contributed by atoms with E-state index in [0.29, 0.717) is 25.3 Å². The average molecular weight is 355 g/mol. The molecule has 0 unspecified atom stereocenters. The van der Waals surface area contributed by atoms with E-state index in [1.807, 2.05) is 42.5 Å². The molecular weight excluding hydrogens is 330 g/mol. The van der Waals surface area contributed by atoms with Crippen molar-refractivity contribution in [2.24, 2.45) is 0 Å². The van der Waals surface area contributed by atoms with E-state index in [1.54, 1.807) is 17.0 Å². The van der Waals surface area contributed by atoms with Crippen molar-refractivity contribution in [3.63, 3.8) is 0 Å². The molecule has 1 aliphatic rings. The summed E-state index contributed by atoms with van der Waals surface area (Å²) in [5.74, 6) is 0.695. The molecule has 5 nitrogen and oxygen atoms in total. The van der Waals surface area contributed by atoms with Crippen molar-refractivity contribution in [3.8, 4) is 5.75 Å². The Labute approximate surface area is 154 Å². The van der Waals surface area contributed by atoms with Crippen LogP contribution in [0.1, 0.15) is 35.3 Å². The van der Waals surface area contributed by atoms with Gasteiger partial charge in [0.25, 0.3) is 5.91 Å². The Bertz CT molecular complexity index is 702. The van der Waals surface area contributed by atoms with Gasteiger partial charge in [0.1, 0.15) is 11.9 Å². The van der Waals surface area contributed by atoms with E-state index in [-0.39, 0.29) is 18.6 Å². The van der Waals surface area contributed by atoms with Crippen LogP contribution in [0.2, 0.25) is 0 Å². The van der Waals surface area contributed by atoms with Crippen LogP contribution >= 0.6 is 0 Å². The van der Waals surface area contributed by atoms with Crippen LogP contribution in [0.15, 0.2) is 54.6 Å². The highest BCUT2D eigenvalue weighted by molar-refractivity contribution is 5.94. The van der Waals surface area contributed by atoms with Crippen LogP contribution in [0.5, 0.6) is 5.75 Å². The molecule has 0 saturated carbocycles. The minimum absolute atomic E-state index is 0.0670. The Morgan fingerprint density at radius 3 is 2.58 bits per heavy atom. The van der Waals surface area contributed by atoms with Crippen molar-refractivity contribution in [2.45, 2.75) is 25.5 Å². The van der Waals surface area contributed by atoms with Crippen molar-refractivity contribution in [2.75, 3.05) is 26.4 Å². The minimum Gasteiger partial charge on any atom is -0.494 e. The number of hydrogen-bond donors (Lipinski definition) is 1. The first-order chi connectivity index (χ1) is 12.7. The lowest BCUT2D eigenvalue weighted by molar-refractivity contribution is -0.0811. The fourth-order valence-corrected chi connectivity index (χ4v) is 3.24. The Morgan fingerprint density at radius 2 is 1.92 bits per heavy atom. The van der Waals surface area contributed by atoms with Crippen LogP contribution in [0.3, 0.4) is 0 Å². The van der Waals surface area contributed by atoms with E-state index in [1.165, 1.54) is 0 Å². The summed E-state index contributed by atoms with van der Waals surface area (Å²) in [5.41, 5.74) is 1.57. The van der Waals surface area contributed by atoms with Gasteiger partial charge in [-0.3, -0.25) is 4.79 Å². The zero-order valence-corrected chi connectivity index (χ0v) is 15.0. The number of hydrogen-bond acceptors (Lipinski definition) is 4. The normalized spacial score (nSPS) is 20.0. The third-order valence-corrected chi connectivity index (χ3v) is 4.51. The average Bonchev–Trinajstić information content (AvgIpc) is 2.72. The van der Waals surface area contributed by atoms with Crippen LogP contribution < -0.4 is 4.74 Å². The second kappa shape index (κ2) is 8.83. The van der Waals surface area contributed by atoms with Crippen LogP contribution in [-0.4, -0.2) is 48.4 Å². The lowest BCUT2D eigenvalue weighted by atomic mass is 9.97. The summed E-state index contributed by atoms with van der Waals surface area (Å²) in [5, 5.41) is 9.73. The van der Waals surface area contributed by atoms with Gasteiger partial charge < -0.3 is 19.5 Å². The monoisotopic (exact) mass is 355 g/mol. The Hall–Kier alpha value is -2.37. The topological polar surface area (TPSA) is 59.0 Å². The van der Waals surface area contributed by atoms with E-state index in [2.05, 4.69) is 6.92 Å². The Morgan fingerprint density at radius 1 is 1.19 bits per heavy atom. The summed E-state index contributed by atoms with van der Waals surface area (Å²) in [6.45, 7) is 3.48. The van der Waals surface area contributed by atoms with Crippen molar-refractivity contribution < 1.29 is 19.4 Å². The quantitative estimate of drug-likeness (QED) is 0.865. The van der Waals surface area contributed by atoms with Gasteiger partial charge in [-0.1, -0.05) is 37.3 Å². The molecule has 1 amide bonds. The lowest BCUT2D eigenvalue weighted by Gasteiger charge is -2.41. The van der Waals surface area contributed by atoms with E-state index < -0.39 is 6.10 Å². The van der Waals surface area contributed by atoms with E-state index in [4.69, 9.17) is 9.47 Å². The molecular formula is C21H25NO4. The molecule has 0 aliphatic carbocycles. The predicted molar refractivity (Wildman–Crippen MR) is 99.3 cm³/mol. The summed E-state index contributed by atoms with van der Waals surface area (Å²) in [6, 6.07) is 16.6. The molecule has 138 valence electrons. The molecule has 5 heteroatoms. The fraction of sp³-hybridized carbons (Fsp3) is 0.381. The highest BCUT2D eigenvalue weighted by Crippen LogP contribution is 2.31. The van der Waals surface area contributed by atoms with E-state index >= 15 is 0 Å². The van der Waals surface area contributed by atoms with Gasteiger partial charge in [-0.15, -0.1) is 0 Å². The minimum atomic E-state index is -0.428. The Kier molecular flexibility index (Phi) is 6.26. The second-order valence-electron chi connectivity index (χ2n) is 6.32. The van der Waals surface area contributed by atoms with Crippen molar-refractivity contribution in [1.29, 1.82) is 0 Å². The molecule has 1 N–H and O–H groups in total. The van der Waals surface area contributed by atoms with Crippen molar-refractivity contribution >= 4 is 5.91 Å². The third-order valence-electron chi connectivity index (χ3n) is 4.51. The number of amides is 1. The summed E-state index contributed by atoms with van der Waals surface area (Å²) in [6.07, 6.45) is 0.512. The molecule has 1 aliphatic heterocycles. The van der Waals surface area contributed by atoms with Gasteiger partial charge in [-0.05, 0) is 36.2 Å². The highest BCUT2D eigenvalue weighted by atomic mass is 16.5. The van der Waals surface area contributed by atoms with Gasteiger partial charge >= 0.3 is 0 Å². The van der Waals surface area contributed by atoms with E-state index in [9.17, 15) is 9.90 Å². The third kappa shape index (κ3) is 4.06. The van der Waals surface area contributed by atoms with Gasteiger partial charge in [-0.2, -0.15) is 0 Å². The number of ether oxygens (including phenoxy) is 2. The maximum atomic E-state index is 13.1. The van der Waals surface area contributed by atoms with Crippen molar-refractivity contribution in [3.05, 3.63) is 65.7 Å². The van der Waals surface area contributed by atoms with Crippen LogP contribution in [-0.2, 0) is 4.74 Å². The zero-order chi connectivity index (χ0) is 18.4. The summed E-state index contributed by atoms with van der Waals surface area (Å²) >= 11 is 0. The van der Waals surface area contributed by atoms with Gasteiger partial charge in [0.2, 0.25) is 0 Å². The summed E-state index contributed by atoms with van der Waals surface area (Å²) in [7, 11) is 0. The summed E-state index contributed by atoms with van der Waals surface area (Å²) < 4.78 is 11.3. The molecule has 0 spiro atoms. The fourth-order valence-electron chi connectivity index (χ4n) is 3.24. The number of aliphatic hydroxyl groups is 1. The van der Waals surface area contributed by atoms with Gasteiger partial charge in [-0.25, -0.2) is 0 Å². The zero-order valence-electron chi connectivity index (χ0n) is 15.0. The first kappa shape index (κ1) is 18.4. The van der Waals surface area contributed by atoms with Crippen LogP contribution in [0.25, 0.3) is 0 Å². The van der Waals surface area contributed by atoms with Gasteiger partial charge in [0.05, 0.1) is 25.9 Å². The molecule has 26 heavy (non-hydrogen) atoms. The number of rotatable bonds is 6. The predicted octanol–water partition coefficient (Wildman–Crippen LogP) is 3.05. The molecule has 2 aromatic carbocycles. The molecule has 3 rings (SSSR count). The van der Waals surface area contributed by atoms with Gasteiger partial charge in [0.15, 0.2) is 0 Å². The standard InChI is InChI=1S/C21H25NO4/c1-2-13-25-18-10-8-17(9-11-18)21(24)22-12-14-26-19(15-23)20(22)16-6-4-3-5-7-16/h3-11,19-20,23H,2,12-15H2,1H3/t19-,20-/m1/s1. The first-order valence-electron chi connectivity index (χ1n) is 9.05. The number of carbonyl (C=O) groups excluding carboxylic acids is 1. The summed E-state index contributed by atoms with van der Waals surface area (Å²) in [4.78, 5) is 14.9. The largest absolute Gasteiger partial charge is 0.494 e. The van der Waals surface area contributed by atoms with Gasteiger partial charge in [0, 0.05) is 12.1 Å². The smallest absolute Gasteiger partial charge is 0.254 e. The SMILES string of the molecule is CCCOc1ccc(C(=O)N2CCO[C@H](CO)[C@H]2c2ccccc2)cc1. The molecule has 2 atom stereocenters. The van der Waals surface area contributed by atoms with E-state index in [0.717, 1.165) is 17.7 Å². The van der Waals surface area contributed by atoms with Crippen LogP contribution in [0, 0.1) is 0 Å². The highest BCUT2D eigenvalue weighted by Gasteiger charge is 2.36. The molecule has 1 saturated heterocycles. The molecule has 2 aromatic rings. The Balaban J connectivity index is 1.83. The first-order valence-corrected chi connectivity index (χ1v) is 9.05. The second-order valence-corrected chi connectivity index (χ2v) is 6.32. The number of aliphatic hydroxyl groups excluding tert-OH is 1. The molecule has 1 fully saturated rings.